The minimum Gasteiger partial charge on any atom is -0.394 e. The summed E-state index contributed by atoms with van der Waals surface area (Å²) in [6, 6.07) is 0. The van der Waals surface area contributed by atoms with Crippen LogP contribution in [0, 0.1) is 10.1 Å². The zero-order valence-electron chi connectivity index (χ0n) is 11.7. The number of hydrogen-bond acceptors (Lipinski definition) is 5. The molecule has 1 heterocycles. The van der Waals surface area contributed by atoms with Crippen LogP contribution in [0.25, 0.3) is 0 Å². The van der Waals surface area contributed by atoms with Crippen molar-refractivity contribution >= 4 is 11.7 Å². The van der Waals surface area contributed by atoms with E-state index in [0.29, 0.717) is 19.4 Å². The van der Waals surface area contributed by atoms with Crippen molar-refractivity contribution in [1.82, 2.24) is 14.9 Å². The minimum absolute atomic E-state index is 0.109. The summed E-state index contributed by atoms with van der Waals surface area (Å²) in [6.45, 7) is 4.00. The first-order valence-electron chi connectivity index (χ1n) is 6.54. The van der Waals surface area contributed by atoms with Gasteiger partial charge in [-0.15, -0.1) is 0 Å². The van der Waals surface area contributed by atoms with Crippen molar-refractivity contribution in [2.45, 2.75) is 45.2 Å². The van der Waals surface area contributed by atoms with Gasteiger partial charge in [-0.1, -0.05) is 13.8 Å². The van der Waals surface area contributed by atoms with Gasteiger partial charge in [0.2, 0.25) is 12.2 Å². The normalized spacial score (nSPS) is 11.3. The van der Waals surface area contributed by atoms with E-state index < -0.39 is 10.5 Å². The molecule has 1 aromatic rings. The molecule has 0 aliphatic heterocycles. The second-order valence-electron chi connectivity index (χ2n) is 4.67. The molecule has 0 saturated carbocycles. The van der Waals surface area contributed by atoms with E-state index in [9.17, 15) is 20.0 Å². The highest BCUT2D eigenvalue weighted by atomic mass is 16.6. The summed E-state index contributed by atoms with van der Waals surface area (Å²) < 4.78 is 1.50. The monoisotopic (exact) mass is 284 g/mol. The van der Waals surface area contributed by atoms with E-state index >= 15 is 0 Å². The van der Waals surface area contributed by atoms with Gasteiger partial charge < -0.3 is 25.1 Å². The Morgan fingerprint density at radius 3 is 2.65 bits per heavy atom. The van der Waals surface area contributed by atoms with Crippen LogP contribution in [0.3, 0.4) is 0 Å². The third-order valence-corrected chi connectivity index (χ3v) is 3.46. The van der Waals surface area contributed by atoms with Crippen LogP contribution in [-0.2, 0) is 11.3 Å². The molecule has 8 heteroatoms. The fourth-order valence-electron chi connectivity index (χ4n) is 1.84. The average molecular weight is 284 g/mol. The van der Waals surface area contributed by atoms with Crippen molar-refractivity contribution in [2.24, 2.45) is 0 Å². The number of carbonyl (C=O) groups is 1. The van der Waals surface area contributed by atoms with Crippen LogP contribution < -0.4 is 5.32 Å². The maximum atomic E-state index is 11.9. The molecule has 1 amide bonds. The number of aliphatic hydroxyl groups is 1. The number of rotatable bonds is 8. The highest BCUT2D eigenvalue weighted by molar-refractivity contribution is 5.76. The number of aryl methyl sites for hydroxylation is 1. The Balaban J connectivity index is 2.52. The Kier molecular flexibility index (Phi) is 5.63. The molecule has 8 nitrogen and oxygen atoms in total. The molecule has 0 bridgehead atoms. The molecule has 0 aliphatic rings. The number of nitro groups is 1. The number of hydrogen-bond donors (Lipinski definition) is 2. The molecule has 0 fully saturated rings. The molecule has 0 saturated heterocycles. The highest BCUT2D eigenvalue weighted by Gasteiger charge is 2.26. The first kappa shape index (κ1) is 16.1. The number of carbonyl (C=O) groups excluding carboxylic acids is 1. The molecule has 1 rings (SSSR count). The van der Waals surface area contributed by atoms with Gasteiger partial charge in [-0.2, -0.15) is 0 Å². The van der Waals surface area contributed by atoms with Crippen LogP contribution in [0.4, 0.5) is 5.82 Å². The summed E-state index contributed by atoms with van der Waals surface area (Å²) in [6.07, 6.45) is 4.07. The Labute approximate surface area is 117 Å². The van der Waals surface area contributed by atoms with E-state index in [1.807, 2.05) is 13.8 Å². The Morgan fingerprint density at radius 1 is 1.55 bits per heavy atom. The molecular formula is C12H20N4O4. The Hall–Kier alpha value is -1.96. The molecule has 0 radical (unpaired) electrons. The summed E-state index contributed by atoms with van der Waals surface area (Å²) in [5.74, 6) is -0.434. The summed E-state index contributed by atoms with van der Waals surface area (Å²) >= 11 is 0. The van der Waals surface area contributed by atoms with Crippen LogP contribution in [0.2, 0.25) is 0 Å². The van der Waals surface area contributed by atoms with Gasteiger partial charge >= 0.3 is 5.82 Å². The number of nitrogens with zero attached hydrogens (tertiary/aromatic N) is 3. The Morgan fingerprint density at radius 2 is 2.20 bits per heavy atom. The van der Waals surface area contributed by atoms with Gasteiger partial charge in [-0.3, -0.25) is 4.79 Å². The van der Waals surface area contributed by atoms with Crippen LogP contribution in [0.15, 0.2) is 12.5 Å². The minimum atomic E-state index is -0.585. The quantitative estimate of drug-likeness (QED) is 0.543. The van der Waals surface area contributed by atoms with Crippen molar-refractivity contribution < 1.29 is 14.8 Å². The second-order valence-corrected chi connectivity index (χ2v) is 4.67. The summed E-state index contributed by atoms with van der Waals surface area (Å²) in [7, 11) is 0. The SMILES string of the molecule is CCC(CC)(CO)NC(=O)CCn1cnc([N+](=O)[O-])c1. The average Bonchev–Trinajstić information content (AvgIpc) is 2.92. The maximum Gasteiger partial charge on any atom is 0.381 e. The van der Waals surface area contributed by atoms with E-state index in [1.165, 1.54) is 17.1 Å². The number of nitrogens with one attached hydrogen (secondary N) is 1. The van der Waals surface area contributed by atoms with E-state index in [1.54, 1.807) is 0 Å². The number of amides is 1. The Bertz CT molecular complexity index is 460. The third-order valence-electron chi connectivity index (χ3n) is 3.46. The van der Waals surface area contributed by atoms with Gasteiger partial charge in [-0.25, -0.2) is 0 Å². The summed E-state index contributed by atoms with van der Waals surface area (Å²) in [5, 5.41) is 22.7. The van der Waals surface area contributed by atoms with E-state index in [0.717, 1.165) is 0 Å². The largest absolute Gasteiger partial charge is 0.394 e. The van der Waals surface area contributed by atoms with Gasteiger partial charge in [0.15, 0.2) is 0 Å². The molecule has 1 aromatic heterocycles. The van der Waals surface area contributed by atoms with Gasteiger partial charge in [-0.05, 0) is 22.7 Å². The van der Waals surface area contributed by atoms with Crippen LogP contribution in [0.5, 0.6) is 0 Å². The highest BCUT2D eigenvalue weighted by Crippen LogP contribution is 2.14. The lowest BCUT2D eigenvalue weighted by molar-refractivity contribution is -0.389. The zero-order valence-corrected chi connectivity index (χ0v) is 11.7. The number of imidazole rings is 1. The predicted molar refractivity (Wildman–Crippen MR) is 72.0 cm³/mol. The van der Waals surface area contributed by atoms with Crippen LogP contribution in [0.1, 0.15) is 33.1 Å². The third kappa shape index (κ3) is 4.02. The molecule has 0 atom stereocenters. The number of aromatic nitrogens is 2. The van der Waals surface area contributed by atoms with Crippen molar-refractivity contribution in [2.75, 3.05) is 6.61 Å². The summed E-state index contributed by atoms with van der Waals surface area (Å²) in [5.41, 5.74) is -0.585. The summed E-state index contributed by atoms with van der Waals surface area (Å²) in [4.78, 5) is 25.4. The second kappa shape index (κ2) is 6.99. The first-order chi connectivity index (χ1) is 9.46. The lowest BCUT2D eigenvalue weighted by atomic mass is 9.94. The fraction of sp³-hybridized carbons (Fsp3) is 0.667. The van der Waals surface area contributed by atoms with Crippen molar-refractivity contribution in [3.8, 4) is 0 Å². The molecule has 0 spiro atoms. The van der Waals surface area contributed by atoms with Crippen molar-refractivity contribution in [1.29, 1.82) is 0 Å². The van der Waals surface area contributed by atoms with E-state index in [2.05, 4.69) is 10.3 Å². The molecule has 20 heavy (non-hydrogen) atoms. The molecular weight excluding hydrogens is 264 g/mol. The first-order valence-corrected chi connectivity index (χ1v) is 6.54. The standard InChI is InChI=1S/C12H20N4O4/c1-3-12(4-2,8-17)14-11(18)5-6-15-7-10(13-9-15)16(19)20/h7,9,17H,3-6,8H2,1-2H3,(H,14,18). The van der Waals surface area contributed by atoms with Gasteiger partial charge in [0, 0.05) is 13.0 Å². The van der Waals surface area contributed by atoms with Crippen LogP contribution in [-0.4, -0.2) is 37.6 Å². The van der Waals surface area contributed by atoms with E-state index in [-0.39, 0.29) is 24.8 Å². The molecule has 0 aromatic carbocycles. The van der Waals surface area contributed by atoms with Gasteiger partial charge in [0.1, 0.15) is 6.20 Å². The smallest absolute Gasteiger partial charge is 0.381 e. The number of aliphatic hydroxyl groups excluding tert-OH is 1. The molecule has 0 unspecified atom stereocenters. The van der Waals surface area contributed by atoms with E-state index in [4.69, 9.17) is 0 Å². The van der Waals surface area contributed by atoms with Gasteiger partial charge in [0.05, 0.1) is 12.1 Å². The lowest BCUT2D eigenvalue weighted by Gasteiger charge is -2.30. The van der Waals surface area contributed by atoms with Crippen molar-refractivity contribution in [3.63, 3.8) is 0 Å². The molecule has 2 N–H and O–H groups in total. The molecule has 0 aliphatic carbocycles. The van der Waals surface area contributed by atoms with Crippen LogP contribution >= 0.6 is 0 Å². The topological polar surface area (TPSA) is 110 Å². The zero-order chi connectivity index (χ0) is 15.2. The van der Waals surface area contributed by atoms with Crippen molar-refractivity contribution in [3.05, 3.63) is 22.6 Å². The lowest BCUT2D eigenvalue weighted by Crippen LogP contribution is -2.50. The fourth-order valence-corrected chi connectivity index (χ4v) is 1.84. The molecule has 112 valence electrons. The van der Waals surface area contributed by atoms with Gasteiger partial charge in [0.25, 0.3) is 0 Å². The predicted octanol–water partition coefficient (Wildman–Crippen LogP) is 0.849. The maximum absolute atomic E-state index is 11.9.